The molecule has 4 heterocycles. The van der Waals surface area contributed by atoms with Crippen LogP contribution in [-0.2, 0) is 20.4 Å². The van der Waals surface area contributed by atoms with Crippen LogP contribution in [0, 0.1) is 11.3 Å². The van der Waals surface area contributed by atoms with Crippen molar-refractivity contribution in [2.75, 3.05) is 50.2 Å². The first-order chi connectivity index (χ1) is 23.1. The number of hydrogen-bond acceptors (Lipinski definition) is 9. The van der Waals surface area contributed by atoms with Crippen molar-refractivity contribution in [3.63, 3.8) is 0 Å². The van der Waals surface area contributed by atoms with Gasteiger partial charge in [-0.25, -0.2) is 18.2 Å². The van der Waals surface area contributed by atoms with Gasteiger partial charge in [0, 0.05) is 50.0 Å². The molecule has 252 valence electrons. The Hall–Kier alpha value is -4.51. The van der Waals surface area contributed by atoms with Crippen molar-refractivity contribution >= 4 is 27.6 Å². The fourth-order valence-electron chi connectivity index (χ4n) is 7.07. The molecule has 1 aromatic heterocycles. The van der Waals surface area contributed by atoms with Gasteiger partial charge in [0.15, 0.2) is 5.54 Å². The lowest BCUT2D eigenvalue weighted by atomic mass is 9.83. The smallest absolute Gasteiger partial charge is 0.318 e. The van der Waals surface area contributed by atoms with E-state index in [1.807, 2.05) is 0 Å². The molecule has 3 aromatic rings. The molecule has 12 nitrogen and oxygen atoms in total. The molecule has 6 rings (SSSR count). The lowest BCUT2D eigenvalue weighted by Crippen LogP contribution is -2.61. The fourth-order valence-corrected chi connectivity index (χ4v) is 8.56. The molecule has 3 aliphatic heterocycles. The third-order valence-electron chi connectivity index (χ3n) is 9.63. The van der Waals surface area contributed by atoms with Crippen LogP contribution >= 0.6 is 0 Å². The van der Waals surface area contributed by atoms with Crippen LogP contribution < -0.4 is 14.4 Å². The predicted molar refractivity (Wildman–Crippen MR) is 180 cm³/mol. The fraction of sp³-hybridized carbons (Fsp3) is 0.429. The van der Waals surface area contributed by atoms with Crippen LogP contribution in [0.5, 0.6) is 5.88 Å². The van der Waals surface area contributed by atoms with E-state index in [1.54, 1.807) is 42.2 Å². The summed E-state index contributed by atoms with van der Waals surface area (Å²) >= 11 is 0. The number of nitriles is 1. The number of likely N-dealkylation sites (tertiary alicyclic amines) is 1. The molecule has 0 bridgehead atoms. The number of fused-ring (bicyclic) bond motifs is 1. The Kier molecular flexibility index (Phi) is 9.42. The van der Waals surface area contributed by atoms with Crippen LogP contribution in [0.1, 0.15) is 50.3 Å². The Morgan fingerprint density at radius 1 is 1.02 bits per heavy atom. The number of piperazine rings is 1. The SMILES string of the molecule is CCOc1ncccc1C1(NC(=O)N2CCN(C3CCN(C(C)C)CC3)CC2)C(=O)N(S(=O)(=O)c2ccccc2)c2ccc(C#N)cc21. The van der Waals surface area contributed by atoms with Crippen molar-refractivity contribution in [1.82, 2.24) is 25.0 Å². The molecule has 0 radical (unpaired) electrons. The van der Waals surface area contributed by atoms with E-state index in [-0.39, 0.29) is 39.8 Å². The third kappa shape index (κ3) is 5.89. The van der Waals surface area contributed by atoms with Gasteiger partial charge in [0.2, 0.25) is 5.88 Å². The normalized spacial score (nSPS) is 20.9. The number of rotatable bonds is 8. The van der Waals surface area contributed by atoms with Crippen molar-refractivity contribution in [2.24, 2.45) is 0 Å². The molecule has 0 saturated carbocycles. The summed E-state index contributed by atoms with van der Waals surface area (Å²) in [5, 5.41) is 12.8. The van der Waals surface area contributed by atoms with Gasteiger partial charge in [0.05, 0.1) is 34.4 Å². The van der Waals surface area contributed by atoms with Crippen molar-refractivity contribution in [3.8, 4) is 11.9 Å². The van der Waals surface area contributed by atoms with E-state index < -0.39 is 27.5 Å². The van der Waals surface area contributed by atoms with Gasteiger partial charge in [0.1, 0.15) is 0 Å². The number of sulfonamides is 1. The first-order valence-electron chi connectivity index (χ1n) is 16.4. The first-order valence-corrected chi connectivity index (χ1v) is 17.9. The van der Waals surface area contributed by atoms with E-state index in [0.717, 1.165) is 30.2 Å². The van der Waals surface area contributed by atoms with Crippen molar-refractivity contribution in [3.05, 3.63) is 83.6 Å². The Balaban J connectivity index is 1.38. The number of benzene rings is 2. The average Bonchev–Trinajstić information content (AvgIpc) is 3.36. The van der Waals surface area contributed by atoms with E-state index in [2.05, 4.69) is 40.0 Å². The van der Waals surface area contributed by atoms with E-state index in [1.165, 1.54) is 36.5 Å². The molecule has 0 aliphatic carbocycles. The number of carbonyl (C=O) groups is 2. The number of hydrogen-bond donors (Lipinski definition) is 1. The van der Waals surface area contributed by atoms with Gasteiger partial charge < -0.3 is 19.9 Å². The van der Waals surface area contributed by atoms with Gasteiger partial charge >= 0.3 is 6.03 Å². The minimum absolute atomic E-state index is 0.0343. The van der Waals surface area contributed by atoms with Crippen LogP contribution in [0.2, 0.25) is 0 Å². The van der Waals surface area contributed by atoms with Gasteiger partial charge in [0.25, 0.3) is 15.9 Å². The van der Waals surface area contributed by atoms with Crippen LogP contribution in [0.4, 0.5) is 10.5 Å². The molecule has 13 heteroatoms. The number of urea groups is 1. The van der Waals surface area contributed by atoms with E-state index in [0.29, 0.717) is 38.3 Å². The van der Waals surface area contributed by atoms with E-state index >= 15 is 0 Å². The van der Waals surface area contributed by atoms with Crippen LogP contribution in [0.15, 0.2) is 71.8 Å². The highest BCUT2D eigenvalue weighted by Gasteiger charge is 2.59. The number of nitrogens with zero attached hydrogens (tertiary/aromatic N) is 6. The zero-order valence-electron chi connectivity index (χ0n) is 27.5. The Morgan fingerprint density at radius 2 is 1.73 bits per heavy atom. The van der Waals surface area contributed by atoms with Gasteiger partial charge in [-0.3, -0.25) is 9.69 Å². The van der Waals surface area contributed by atoms with Gasteiger partial charge in [-0.05, 0) is 89.2 Å². The van der Waals surface area contributed by atoms with Gasteiger partial charge in [-0.1, -0.05) is 18.2 Å². The molecular weight excluding hydrogens is 630 g/mol. The average molecular weight is 672 g/mol. The summed E-state index contributed by atoms with van der Waals surface area (Å²) < 4.78 is 35.0. The quantitative estimate of drug-likeness (QED) is 0.381. The second kappa shape index (κ2) is 13.5. The maximum absolute atomic E-state index is 14.9. The standard InChI is InChI=1S/C35H41N7O5S/c1-4-47-32-29(11-8-16-37-32)35(38-34(44)41-21-19-40(20-22-41)27-14-17-39(18-15-27)25(2)3)30-23-26(24-36)12-13-31(30)42(33(35)43)48(45,46)28-9-6-5-7-10-28/h5-13,16,23,25,27H,4,14-15,17-22H2,1-3H3,(H,38,44). The molecule has 1 atom stereocenters. The maximum atomic E-state index is 14.9. The zero-order valence-corrected chi connectivity index (χ0v) is 28.3. The molecular formula is C35H41N7O5S. The second-order valence-corrected chi connectivity index (χ2v) is 14.4. The number of ether oxygens (including phenoxy) is 1. The number of piperidine rings is 1. The molecule has 1 unspecified atom stereocenters. The predicted octanol–water partition coefficient (Wildman–Crippen LogP) is 3.53. The van der Waals surface area contributed by atoms with E-state index in [9.17, 15) is 23.3 Å². The van der Waals surface area contributed by atoms with Gasteiger partial charge in [-0.2, -0.15) is 9.57 Å². The number of carbonyl (C=O) groups excluding carboxylic acids is 2. The van der Waals surface area contributed by atoms with Crippen molar-refractivity contribution in [1.29, 1.82) is 5.26 Å². The summed E-state index contributed by atoms with van der Waals surface area (Å²) in [4.78, 5) is 40.1. The number of aromatic nitrogens is 1. The Labute approximate surface area is 281 Å². The summed E-state index contributed by atoms with van der Waals surface area (Å²) in [6, 6.07) is 17.7. The molecule has 1 N–H and O–H groups in total. The molecule has 0 spiro atoms. The molecule has 48 heavy (non-hydrogen) atoms. The third-order valence-corrected chi connectivity index (χ3v) is 11.3. The molecule has 3 amide bonds. The monoisotopic (exact) mass is 671 g/mol. The second-order valence-electron chi connectivity index (χ2n) is 12.6. The Morgan fingerprint density at radius 3 is 2.38 bits per heavy atom. The largest absolute Gasteiger partial charge is 0.478 e. The molecule has 2 aromatic carbocycles. The summed E-state index contributed by atoms with van der Waals surface area (Å²) in [6.45, 7) is 10.7. The number of anilines is 1. The summed E-state index contributed by atoms with van der Waals surface area (Å²) in [5.41, 5.74) is -1.53. The minimum Gasteiger partial charge on any atom is -0.478 e. The molecule has 2 saturated heterocycles. The summed E-state index contributed by atoms with van der Waals surface area (Å²) in [6.07, 6.45) is 3.65. The maximum Gasteiger partial charge on any atom is 0.318 e. The highest BCUT2D eigenvalue weighted by Crippen LogP contribution is 2.49. The van der Waals surface area contributed by atoms with Crippen molar-refractivity contribution < 1.29 is 22.7 Å². The number of nitrogens with one attached hydrogen (secondary N) is 1. The lowest BCUT2D eigenvalue weighted by Gasteiger charge is -2.44. The number of pyridine rings is 1. The van der Waals surface area contributed by atoms with Crippen molar-refractivity contribution in [2.45, 2.75) is 56.1 Å². The zero-order chi connectivity index (χ0) is 34.1. The summed E-state index contributed by atoms with van der Waals surface area (Å²) in [7, 11) is -4.45. The lowest BCUT2D eigenvalue weighted by molar-refractivity contribution is -0.121. The molecule has 3 aliphatic rings. The highest BCUT2D eigenvalue weighted by atomic mass is 32.2. The molecule has 2 fully saturated rings. The first kappa shape index (κ1) is 33.4. The van der Waals surface area contributed by atoms with Crippen LogP contribution in [-0.4, -0.2) is 98.0 Å². The number of amides is 3. The van der Waals surface area contributed by atoms with Crippen LogP contribution in [0.25, 0.3) is 0 Å². The topological polar surface area (TPSA) is 139 Å². The minimum atomic E-state index is -4.45. The van der Waals surface area contributed by atoms with Gasteiger partial charge in [-0.15, -0.1) is 0 Å². The Bertz CT molecular complexity index is 1810. The van der Waals surface area contributed by atoms with Crippen LogP contribution in [0.3, 0.4) is 0 Å². The highest BCUT2D eigenvalue weighted by molar-refractivity contribution is 7.93. The van der Waals surface area contributed by atoms with E-state index in [4.69, 9.17) is 4.74 Å². The summed E-state index contributed by atoms with van der Waals surface area (Å²) in [5.74, 6) is -0.854.